The lowest BCUT2D eigenvalue weighted by molar-refractivity contribution is -0.139. The first-order chi connectivity index (χ1) is 18.8. The van der Waals surface area contributed by atoms with E-state index < -0.39 is 28.5 Å². The molecule has 0 radical (unpaired) electrons. The molecule has 1 atom stereocenters. The van der Waals surface area contributed by atoms with Crippen molar-refractivity contribution in [2.45, 2.75) is 56.1 Å². The highest BCUT2D eigenvalue weighted by Crippen LogP contribution is 2.25. The highest BCUT2D eigenvalue weighted by molar-refractivity contribution is 7.92. The van der Waals surface area contributed by atoms with Gasteiger partial charge in [-0.05, 0) is 61.7 Å². The van der Waals surface area contributed by atoms with Crippen LogP contribution in [0.1, 0.15) is 38.2 Å². The molecule has 0 bridgehead atoms. The molecule has 2 amide bonds. The Hall–Kier alpha value is -3.85. The molecule has 4 rings (SSSR count). The van der Waals surface area contributed by atoms with Crippen molar-refractivity contribution in [1.29, 1.82) is 0 Å². The van der Waals surface area contributed by atoms with Crippen molar-refractivity contribution in [1.82, 2.24) is 10.2 Å². The quantitative estimate of drug-likeness (QED) is 0.383. The maximum Gasteiger partial charge on any atom is 0.264 e. The third-order valence-corrected chi connectivity index (χ3v) is 8.80. The topological polar surface area (TPSA) is 96.0 Å². The zero-order valence-electron chi connectivity index (χ0n) is 22.3. The number of hydrogen-bond acceptors (Lipinski definition) is 5. The van der Waals surface area contributed by atoms with Gasteiger partial charge in [-0.1, -0.05) is 61.4 Å². The number of rotatable bonds is 11. The average Bonchev–Trinajstić information content (AvgIpc) is 3.48. The second-order valence-corrected chi connectivity index (χ2v) is 11.6. The smallest absolute Gasteiger partial charge is 0.264 e. The van der Waals surface area contributed by atoms with Crippen molar-refractivity contribution < 1.29 is 22.7 Å². The molecule has 1 aliphatic carbocycles. The Bertz CT molecular complexity index is 1360. The molecule has 0 unspecified atom stereocenters. The fourth-order valence-electron chi connectivity index (χ4n) is 4.78. The molecule has 1 aliphatic rings. The van der Waals surface area contributed by atoms with Crippen LogP contribution in [0.15, 0.2) is 89.8 Å². The first-order valence-electron chi connectivity index (χ1n) is 13.1. The fourth-order valence-corrected chi connectivity index (χ4v) is 6.22. The van der Waals surface area contributed by atoms with Crippen LogP contribution < -0.4 is 14.4 Å². The molecule has 9 heteroatoms. The lowest BCUT2D eigenvalue weighted by Crippen LogP contribution is -2.52. The Morgan fingerprint density at radius 2 is 1.59 bits per heavy atom. The number of ether oxygens (including phenoxy) is 1. The summed E-state index contributed by atoms with van der Waals surface area (Å²) in [7, 11) is -2.50. The Kier molecular flexibility index (Phi) is 9.24. The number of anilines is 1. The first kappa shape index (κ1) is 28.2. The van der Waals surface area contributed by atoms with Gasteiger partial charge in [0.15, 0.2) is 0 Å². The van der Waals surface area contributed by atoms with Crippen LogP contribution in [-0.2, 0) is 26.2 Å². The summed E-state index contributed by atoms with van der Waals surface area (Å²) in [4.78, 5) is 28.7. The number of para-hydroxylation sites is 1. The molecule has 206 valence electrons. The van der Waals surface area contributed by atoms with Crippen LogP contribution in [-0.4, -0.2) is 50.9 Å². The van der Waals surface area contributed by atoms with Gasteiger partial charge >= 0.3 is 0 Å². The van der Waals surface area contributed by atoms with E-state index in [1.165, 1.54) is 17.0 Å². The van der Waals surface area contributed by atoms with Crippen molar-refractivity contribution in [3.05, 3.63) is 90.5 Å². The highest BCUT2D eigenvalue weighted by Gasteiger charge is 2.33. The fraction of sp³-hybridized carbons (Fsp3) is 0.333. The van der Waals surface area contributed by atoms with Crippen LogP contribution in [0.5, 0.6) is 5.75 Å². The predicted octanol–water partition coefficient (Wildman–Crippen LogP) is 4.37. The molecule has 0 aromatic heterocycles. The zero-order chi connectivity index (χ0) is 27.8. The second-order valence-electron chi connectivity index (χ2n) is 9.70. The molecule has 8 nitrogen and oxygen atoms in total. The second kappa shape index (κ2) is 12.8. The number of nitrogens with one attached hydrogen (secondary N) is 1. The van der Waals surface area contributed by atoms with Gasteiger partial charge in [-0.25, -0.2) is 8.42 Å². The summed E-state index contributed by atoms with van der Waals surface area (Å²) >= 11 is 0. The van der Waals surface area contributed by atoms with Crippen LogP contribution in [0, 0.1) is 0 Å². The van der Waals surface area contributed by atoms with Gasteiger partial charge in [0, 0.05) is 12.6 Å². The van der Waals surface area contributed by atoms with Gasteiger partial charge in [0.25, 0.3) is 10.0 Å². The van der Waals surface area contributed by atoms with E-state index in [1.807, 2.05) is 12.1 Å². The standard InChI is InChI=1S/C30H35N3O5S/c1-23(30(35)31-25-13-9-10-14-25)32(21-24-12-11-17-27(20-24)38-2)29(34)22-33(26-15-5-3-6-16-26)39(36,37)28-18-7-4-8-19-28/h3-8,11-12,15-20,23,25H,9-10,13-14,21-22H2,1-2H3,(H,31,35)/t23-/m1/s1. The summed E-state index contributed by atoms with van der Waals surface area (Å²) in [5.74, 6) is -0.119. The molecule has 0 spiro atoms. The highest BCUT2D eigenvalue weighted by atomic mass is 32.2. The van der Waals surface area contributed by atoms with Gasteiger partial charge in [0.1, 0.15) is 18.3 Å². The molecule has 1 saturated carbocycles. The van der Waals surface area contributed by atoms with Crippen LogP contribution >= 0.6 is 0 Å². The van der Waals surface area contributed by atoms with Gasteiger partial charge in [-0.3, -0.25) is 13.9 Å². The molecule has 3 aromatic rings. The number of hydrogen-bond donors (Lipinski definition) is 1. The van der Waals surface area contributed by atoms with Gasteiger partial charge < -0.3 is 15.0 Å². The Balaban J connectivity index is 1.66. The molecule has 3 aromatic carbocycles. The van der Waals surface area contributed by atoms with E-state index >= 15 is 0 Å². The number of sulfonamides is 1. The number of nitrogens with zero attached hydrogens (tertiary/aromatic N) is 2. The monoisotopic (exact) mass is 549 g/mol. The van der Waals surface area contributed by atoms with Crippen LogP contribution in [0.25, 0.3) is 0 Å². The van der Waals surface area contributed by atoms with Crippen LogP contribution in [0.3, 0.4) is 0 Å². The largest absolute Gasteiger partial charge is 0.497 e. The summed E-state index contributed by atoms with van der Waals surface area (Å²) in [5.41, 5.74) is 1.12. The molecule has 1 N–H and O–H groups in total. The minimum absolute atomic E-state index is 0.0769. The third-order valence-electron chi connectivity index (χ3n) is 7.01. The van der Waals surface area contributed by atoms with Crippen molar-refractivity contribution in [3.8, 4) is 5.75 Å². The summed E-state index contributed by atoms with van der Waals surface area (Å²) in [6.07, 6.45) is 3.96. The SMILES string of the molecule is COc1cccc(CN(C(=O)CN(c2ccccc2)S(=O)(=O)c2ccccc2)[C@H](C)C(=O)NC2CCCC2)c1. The van der Waals surface area contributed by atoms with Crippen molar-refractivity contribution in [2.24, 2.45) is 0 Å². The van der Waals surface area contributed by atoms with E-state index in [9.17, 15) is 18.0 Å². The number of carbonyl (C=O) groups is 2. The van der Waals surface area contributed by atoms with Gasteiger partial charge in [0.05, 0.1) is 17.7 Å². The summed E-state index contributed by atoms with van der Waals surface area (Å²) in [6.45, 7) is 1.33. The summed E-state index contributed by atoms with van der Waals surface area (Å²) in [6, 6.07) is 23.1. The van der Waals surface area contributed by atoms with Crippen molar-refractivity contribution in [3.63, 3.8) is 0 Å². The van der Waals surface area contributed by atoms with E-state index in [-0.39, 0.29) is 23.4 Å². The van der Waals surface area contributed by atoms with E-state index in [1.54, 1.807) is 74.7 Å². The van der Waals surface area contributed by atoms with E-state index in [0.717, 1.165) is 35.6 Å². The minimum Gasteiger partial charge on any atom is -0.497 e. The molecule has 1 fully saturated rings. The molecule has 0 heterocycles. The van der Waals surface area contributed by atoms with Crippen molar-refractivity contribution in [2.75, 3.05) is 18.0 Å². The Morgan fingerprint density at radius 1 is 0.949 bits per heavy atom. The number of carbonyl (C=O) groups excluding carboxylic acids is 2. The van der Waals surface area contributed by atoms with Crippen LogP contribution in [0.4, 0.5) is 5.69 Å². The van der Waals surface area contributed by atoms with E-state index in [0.29, 0.717) is 11.4 Å². The summed E-state index contributed by atoms with van der Waals surface area (Å²) in [5, 5.41) is 3.07. The Labute approximate surface area is 230 Å². The maximum atomic E-state index is 14.0. The van der Waals surface area contributed by atoms with Crippen molar-refractivity contribution >= 4 is 27.5 Å². The minimum atomic E-state index is -4.07. The lowest BCUT2D eigenvalue weighted by Gasteiger charge is -2.32. The molecule has 39 heavy (non-hydrogen) atoms. The van der Waals surface area contributed by atoms with E-state index in [4.69, 9.17) is 4.74 Å². The number of amides is 2. The average molecular weight is 550 g/mol. The molecule has 0 saturated heterocycles. The number of methoxy groups -OCH3 is 1. The molecular formula is C30H35N3O5S. The van der Waals surface area contributed by atoms with Gasteiger partial charge in [0.2, 0.25) is 11.8 Å². The Morgan fingerprint density at radius 3 is 2.23 bits per heavy atom. The predicted molar refractivity (Wildman–Crippen MR) is 151 cm³/mol. The zero-order valence-corrected chi connectivity index (χ0v) is 23.1. The third kappa shape index (κ3) is 6.97. The van der Waals surface area contributed by atoms with Gasteiger partial charge in [-0.15, -0.1) is 0 Å². The van der Waals surface area contributed by atoms with Crippen LogP contribution in [0.2, 0.25) is 0 Å². The van der Waals surface area contributed by atoms with Gasteiger partial charge in [-0.2, -0.15) is 0 Å². The lowest BCUT2D eigenvalue weighted by atomic mass is 10.1. The summed E-state index contributed by atoms with van der Waals surface area (Å²) < 4.78 is 33.9. The molecule has 0 aliphatic heterocycles. The first-order valence-corrected chi connectivity index (χ1v) is 14.6. The maximum absolute atomic E-state index is 14.0. The number of benzene rings is 3. The normalized spacial score (nSPS) is 14.4. The van der Waals surface area contributed by atoms with E-state index in [2.05, 4.69) is 5.32 Å². The molecular weight excluding hydrogens is 514 g/mol.